The molecule has 0 saturated heterocycles. The number of ether oxygens (including phenoxy) is 1. The normalized spacial score (nSPS) is 11.1. The monoisotopic (exact) mass is 433 g/mol. The minimum Gasteiger partial charge on any atom is -0.471 e. The molecule has 0 N–H and O–H groups in total. The van der Waals surface area contributed by atoms with E-state index in [0.717, 1.165) is 17.3 Å². The van der Waals surface area contributed by atoms with Crippen LogP contribution in [0.15, 0.2) is 59.6 Å². The average molecular weight is 433 g/mol. The third kappa shape index (κ3) is 4.05. The molecule has 0 bridgehead atoms. The standard InChI is InChI=1S/C20H16FN9O2/c1-29-17(11-31-18-7-6-15(21)8-22-18)16(9-24-29)20-26-19(27-32-20)14-4-2-13(3-5-14)10-30-25-12-23-28-30/h2-9,12H,10-11H2,1H3. The molecule has 1 aromatic carbocycles. The predicted octanol–water partition coefficient (Wildman–Crippen LogP) is 2.29. The summed E-state index contributed by atoms with van der Waals surface area (Å²) in [6.45, 7) is 0.660. The van der Waals surface area contributed by atoms with Crippen LogP contribution in [0.2, 0.25) is 0 Å². The maximum Gasteiger partial charge on any atom is 0.261 e. The van der Waals surface area contributed by atoms with Gasteiger partial charge in [-0.05, 0) is 16.8 Å². The van der Waals surface area contributed by atoms with E-state index in [1.165, 1.54) is 23.3 Å². The molecule has 0 atom stereocenters. The summed E-state index contributed by atoms with van der Waals surface area (Å²) >= 11 is 0. The molecule has 0 saturated carbocycles. The van der Waals surface area contributed by atoms with E-state index in [1.54, 1.807) is 17.9 Å². The van der Waals surface area contributed by atoms with Crippen molar-refractivity contribution < 1.29 is 13.7 Å². The Bertz CT molecular complexity index is 1310. The molecule has 32 heavy (non-hydrogen) atoms. The Balaban J connectivity index is 1.33. The largest absolute Gasteiger partial charge is 0.471 e. The van der Waals surface area contributed by atoms with E-state index in [1.807, 2.05) is 24.3 Å². The highest BCUT2D eigenvalue weighted by atomic mass is 19.1. The number of nitrogens with zero attached hydrogens (tertiary/aromatic N) is 9. The van der Waals surface area contributed by atoms with Crippen molar-refractivity contribution in [1.29, 1.82) is 0 Å². The lowest BCUT2D eigenvalue weighted by atomic mass is 10.1. The molecule has 0 aliphatic rings. The number of aryl methyl sites for hydroxylation is 1. The first-order chi connectivity index (χ1) is 15.7. The summed E-state index contributed by atoms with van der Waals surface area (Å²) in [5.74, 6) is 0.627. The number of pyridine rings is 1. The quantitative estimate of drug-likeness (QED) is 0.380. The Morgan fingerprint density at radius 1 is 1.06 bits per heavy atom. The van der Waals surface area contributed by atoms with Crippen LogP contribution in [0.4, 0.5) is 4.39 Å². The Kier molecular flexibility index (Phi) is 5.07. The fourth-order valence-electron chi connectivity index (χ4n) is 3.04. The van der Waals surface area contributed by atoms with Crippen LogP contribution in [-0.2, 0) is 20.2 Å². The number of halogens is 1. The van der Waals surface area contributed by atoms with Gasteiger partial charge in [-0.15, -0.1) is 10.2 Å². The molecule has 0 aliphatic carbocycles. The molecule has 5 aromatic rings. The van der Waals surface area contributed by atoms with Gasteiger partial charge in [0.15, 0.2) is 6.33 Å². The van der Waals surface area contributed by atoms with Crippen LogP contribution in [0.3, 0.4) is 0 Å². The highest BCUT2D eigenvalue weighted by Crippen LogP contribution is 2.26. The van der Waals surface area contributed by atoms with Gasteiger partial charge in [0.25, 0.3) is 5.89 Å². The smallest absolute Gasteiger partial charge is 0.261 e. The minimum atomic E-state index is -0.431. The van der Waals surface area contributed by atoms with Crippen molar-refractivity contribution in [2.24, 2.45) is 7.05 Å². The summed E-state index contributed by atoms with van der Waals surface area (Å²) in [7, 11) is 1.78. The highest BCUT2D eigenvalue weighted by Gasteiger charge is 2.18. The fourth-order valence-corrected chi connectivity index (χ4v) is 3.04. The molecule has 0 unspecified atom stereocenters. The van der Waals surface area contributed by atoms with Crippen molar-refractivity contribution in [1.82, 2.24) is 45.1 Å². The summed E-state index contributed by atoms with van der Waals surface area (Å²) in [6.07, 6.45) is 4.11. The van der Waals surface area contributed by atoms with Crippen molar-refractivity contribution in [2.75, 3.05) is 0 Å². The molecule has 0 amide bonds. The van der Waals surface area contributed by atoms with Crippen molar-refractivity contribution in [3.63, 3.8) is 0 Å². The maximum absolute atomic E-state index is 13.0. The minimum absolute atomic E-state index is 0.146. The SMILES string of the molecule is Cn1ncc(-c2nc(-c3ccc(Cn4ncnn4)cc3)no2)c1COc1ccc(F)cn1. The molecule has 0 radical (unpaired) electrons. The van der Waals surface area contributed by atoms with Crippen molar-refractivity contribution in [3.8, 4) is 28.7 Å². The van der Waals surface area contributed by atoms with Gasteiger partial charge in [-0.2, -0.15) is 14.9 Å². The second-order valence-electron chi connectivity index (χ2n) is 6.82. The Hall–Kier alpha value is -4.48. The molecular formula is C20H16FN9O2. The molecule has 5 rings (SSSR count). The highest BCUT2D eigenvalue weighted by molar-refractivity contribution is 5.61. The Morgan fingerprint density at radius 3 is 2.69 bits per heavy atom. The van der Waals surface area contributed by atoms with E-state index in [2.05, 4.69) is 35.6 Å². The molecule has 0 fully saturated rings. The van der Waals surface area contributed by atoms with E-state index in [4.69, 9.17) is 9.26 Å². The number of rotatable bonds is 7. The van der Waals surface area contributed by atoms with Gasteiger partial charge in [0.1, 0.15) is 12.4 Å². The zero-order valence-electron chi connectivity index (χ0n) is 16.8. The van der Waals surface area contributed by atoms with E-state index < -0.39 is 5.82 Å². The van der Waals surface area contributed by atoms with Crippen LogP contribution in [0.5, 0.6) is 5.88 Å². The lowest BCUT2D eigenvalue weighted by Gasteiger charge is -2.06. The van der Waals surface area contributed by atoms with Crippen molar-refractivity contribution in [3.05, 3.63) is 72.2 Å². The van der Waals surface area contributed by atoms with Crippen LogP contribution >= 0.6 is 0 Å². The van der Waals surface area contributed by atoms with Crippen LogP contribution in [-0.4, -0.2) is 45.1 Å². The van der Waals surface area contributed by atoms with Crippen LogP contribution < -0.4 is 4.74 Å². The molecule has 0 spiro atoms. The van der Waals surface area contributed by atoms with Gasteiger partial charge in [-0.3, -0.25) is 4.68 Å². The Labute approximate surface area is 180 Å². The molecule has 11 nitrogen and oxygen atoms in total. The number of hydrogen-bond acceptors (Lipinski definition) is 9. The molecule has 4 aromatic heterocycles. The summed E-state index contributed by atoms with van der Waals surface area (Å²) in [6, 6.07) is 10.4. The zero-order valence-corrected chi connectivity index (χ0v) is 16.8. The van der Waals surface area contributed by atoms with Crippen LogP contribution in [0.25, 0.3) is 22.8 Å². The topological polar surface area (TPSA) is 122 Å². The summed E-state index contributed by atoms with van der Waals surface area (Å²) < 4.78 is 25.8. The van der Waals surface area contributed by atoms with Crippen molar-refractivity contribution >= 4 is 0 Å². The first-order valence-corrected chi connectivity index (χ1v) is 9.55. The predicted molar refractivity (Wildman–Crippen MR) is 107 cm³/mol. The molecule has 4 heterocycles. The van der Waals surface area contributed by atoms with Gasteiger partial charge in [0, 0.05) is 18.7 Å². The first kappa shape index (κ1) is 19.5. The number of benzene rings is 1. The van der Waals surface area contributed by atoms with Gasteiger partial charge < -0.3 is 9.26 Å². The zero-order chi connectivity index (χ0) is 21.9. The van der Waals surface area contributed by atoms with Gasteiger partial charge in [-0.1, -0.05) is 29.4 Å². The van der Waals surface area contributed by atoms with Gasteiger partial charge in [-0.25, -0.2) is 9.37 Å². The third-order valence-corrected chi connectivity index (χ3v) is 4.70. The lowest BCUT2D eigenvalue weighted by Crippen LogP contribution is -2.05. The summed E-state index contributed by atoms with van der Waals surface area (Å²) in [5, 5.41) is 19.9. The van der Waals surface area contributed by atoms with Crippen LogP contribution in [0.1, 0.15) is 11.3 Å². The number of hydrogen-bond donors (Lipinski definition) is 0. The number of aromatic nitrogens is 9. The average Bonchev–Trinajstić information content (AvgIpc) is 3.56. The first-order valence-electron chi connectivity index (χ1n) is 9.55. The van der Waals surface area contributed by atoms with E-state index in [-0.39, 0.29) is 6.61 Å². The van der Waals surface area contributed by atoms with Crippen molar-refractivity contribution in [2.45, 2.75) is 13.2 Å². The maximum atomic E-state index is 13.0. The van der Waals surface area contributed by atoms with E-state index in [9.17, 15) is 4.39 Å². The van der Waals surface area contributed by atoms with Crippen LogP contribution in [0, 0.1) is 5.82 Å². The fraction of sp³-hybridized carbons (Fsp3) is 0.150. The molecule has 0 aliphatic heterocycles. The van der Waals surface area contributed by atoms with E-state index >= 15 is 0 Å². The van der Waals surface area contributed by atoms with Gasteiger partial charge in [0.05, 0.1) is 30.2 Å². The molecular weight excluding hydrogens is 417 g/mol. The third-order valence-electron chi connectivity index (χ3n) is 4.70. The summed E-state index contributed by atoms with van der Waals surface area (Å²) in [4.78, 5) is 9.89. The number of tetrazole rings is 1. The molecule has 12 heteroatoms. The van der Waals surface area contributed by atoms with Gasteiger partial charge >= 0.3 is 0 Å². The van der Waals surface area contributed by atoms with Gasteiger partial charge in [0.2, 0.25) is 11.7 Å². The summed E-state index contributed by atoms with van der Waals surface area (Å²) in [5.41, 5.74) is 3.16. The second kappa shape index (κ2) is 8.34. The molecule has 160 valence electrons. The lowest BCUT2D eigenvalue weighted by molar-refractivity contribution is 0.282. The Morgan fingerprint density at radius 2 is 1.94 bits per heavy atom. The van der Waals surface area contributed by atoms with E-state index in [0.29, 0.717) is 35.4 Å². The second-order valence-corrected chi connectivity index (χ2v) is 6.82.